The van der Waals surface area contributed by atoms with Gasteiger partial charge in [0.1, 0.15) is 0 Å². The van der Waals surface area contributed by atoms with Crippen molar-refractivity contribution >= 4 is 0 Å². The van der Waals surface area contributed by atoms with E-state index in [0.29, 0.717) is 10.8 Å². The molecule has 1 nitrogen and oxygen atoms in total. The summed E-state index contributed by atoms with van der Waals surface area (Å²) in [7, 11) is 0. The van der Waals surface area contributed by atoms with Gasteiger partial charge < -0.3 is 5.32 Å². The zero-order chi connectivity index (χ0) is 15.5. The van der Waals surface area contributed by atoms with E-state index in [1.54, 1.807) is 0 Å². The Balaban J connectivity index is 1.92. The molecule has 0 heterocycles. The van der Waals surface area contributed by atoms with Crippen LogP contribution < -0.4 is 5.32 Å². The fourth-order valence-corrected chi connectivity index (χ4v) is 4.53. The van der Waals surface area contributed by atoms with Crippen LogP contribution in [0.3, 0.4) is 0 Å². The molecule has 21 heavy (non-hydrogen) atoms. The zero-order valence-electron chi connectivity index (χ0n) is 15.3. The zero-order valence-corrected chi connectivity index (χ0v) is 15.3. The topological polar surface area (TPSA) is 12.0 Å². The second kappa shape index (κ2) is 7.02. The monoisotopic (exact) mass is 293 g/mol. The lowest BCUT2D eigenvalue weighted by Crippen LogP contribution is -2.41. The number of rotatable bonds is 7. The van der Waals surface area contributed by atoms with Gasteiger partial charge >= 0.3 is 0 Å². The maximum absolute atomic E-state index is 3.87. The summed E-state index contributed by atoms with van der Waals surface area (Å²) in [6.45, 7) is 13.4. The summed E-state index contributed by atoms with van der Waals surface area (Å²) in [6, 6.07) is 0.865. The van der Waals surface area contributed by atoms with E-state index in [1.165, 1.54) is 64.3 Å². The van der Waals surface area contributed by atoms with Crippen molar-refractivity contribution in [2.75, 3.05) is 6.54 Å². The molecule has 2 fully saturated rings. The Kier molecular flexibility index (Phi) is 5.79. The van der Waals surface area contributed by atoms with E-state index in [0.717, 1.165) is 17.9 Å². The van der Waals surface area contributed by atoms with Gasteiger partial charge in [0, 0.05) is 12.6 Å². The van der Waals surface area contributed by atoms with Crippen molar-refractivity contribution in [2.24, 2.45) is 22.7 Å². The molecule has 2 aliphatic carbocycles. The highest BCUT2D eigenvalue weighted by Crippen LogP contribution is 2.48. The van der Waals surface area contributed by atoms with Crippen LogP contribution in [0.5, 0.6) is 0 Å². The summed E-state index contributed by atoms with van der Waals surface area (Å²) in [5.41, 5.74) is 1.12. The van der Waals surface area contributed by atoms with Gasteiger partial charge in [-0.2, -0.15) is 0 Å². The molecule has 0 bridgehead atoms. The molecule has 2 aliphatic rings. The minimum atomic E-state index is 0.505. The maximum Gasteiger partial charge on any atom is 0.00684 e. The van der Waals surface area contributed by atoms with Gasteiger partial charge in [0.2, 0.25) is 0 Å². The van der Waals surface area contributed by atoms with Gasteiger partial charge in [0.05, 0.1) is 0 Å². The van der Waals surface area contributed by atoms with Crippen LogP contribution in [0.2, 0.25) is 0 Å². The van der Waals surface area contributed by atoms with Crippen LogP contribution in [0.4, 0.5) is 0 Å². The standard InChI is InChI=1S/C20H39N/c1-6-7-16(2)14-20(15-21-18-8-9-18)12-10-17(11-13-20)19(3,4)5/h16-18,21H,6-15H2,1-5H3. The average molecular weight is 294 g/mol. The van der Waals surface area contributed by atoms with Crippen LogP contribution in [-0.4, -0.2) is 12.6 Å². The predicted molar refractivity (Wildman–Crippen MR) is 93.6 cm³/mol. The largest absolute Gasteiger partial charge is 0.313 e. The first-order valence-corrected chi connectivity index (χ1v) is 9.58. The van der Waals surface area contributed by atoms with Crippen molar-refractivity contribution in [1.82, 2.24) is 5.32 Å². The molecule has 0 radical (unpaired) electrons. The molecule has 2 rings (SSSR count). The van der Waals surface area contributed by atoms with E-state index in [4.69, 9.17) is 0 Å². The summed E-state index contributed by atoms with van der Waals surface area (Å²) in [5.74, 6) is 1.84. The molecule has 1 N–H and O–H groups in total. The van der Waals surface area contributed by atoms with E-state index in [1.807, 2.05) is 0 Å². The lowest BCUT2D eigenvalue weighted by Gasteiger charge is -2.45. The van der Waals surface area contributed by atoms with E-state index >= 15 is 0 Å². The molecule has 1 heteroatoms. The van der Waals surface area contributed by atoms with Crippen molar-refractivity contribution in [3.05, 3.63) is 0 Å². The quantitative estimate of drug-likeness (QED) is 0.626. The minimum Gasteiger partial charge on any atom is -0.313 e. The SMILES string of the molecule is CCCC(C)CC1(CNC2CC2)CCC(C(C)(C)C)CC1. The predicted octanol–water partition coefficient (Wildman–Crippen LogP) is 5.79. The number of nitrogens with one attached hydrogen (secondary N) is 1. The molecule has 1 atom stereocenters. The third-order valence-electron chi connectivity index (χ3n) is 6.18. The molecule has 0 aromatic carbocycles. The Morgan fingerprint density at radius 2 is 1.71 bits per heavy atom. The highest BCUT2D eigenvalue weighted by Gasteiger charge is 2.40. The van der Waals surface area contributed by atoms with Crippen LogP contribution in [0.15, 0.2) is 0 Å². The van der Waals surface area contributed by atoms with Crippen molar-refractivity contribution in [2.45, 2.75) is 98.4 Å². The first kappa shape index (κ1) is 17.3. The van der Waals surface area contributed by atoms with Crippen LogP contribution in [0.1, 0.15) is 92.4 Å². The van der Waals surface area contributed by atoms with Crippen molar-refractivity contribution in [1.29, 1.82) is 0 Å². The summed E-state index contributed by atoms with van der Waals surface area (Å²) < 4.78 is 0. The van der Waals surface area contributed by atoms with Gasteiger partial charge in [0.25, 0.3) is 0 Å². The Morgan fingerprint density at radius 1 is 1.10 bits per heavy atom. The third-order valence-corrected chi connectivity index (χ3v) is 6.18. The summed E-state index contributed by atoms with van der Waals surface area (Å²) >= 11 is 0. The molecule has 0 amide bonds. The number of hydrogen-bond donors (Lipinski definition) is 1. The van der Waals surface area contributed by atoms with Gasteiger partial charge in [0.15, 0.2) is 0 Å². The molecule has 0 spiro atoms. The van der Waals surface area contributed by atoms with E-state index in [2.05, 4.69) is 39.9 Å². The van der Waals surface area contributed by atoms with E-state index in [9.17, 15) is 0 Å². The Hall–Kier alpha value is -0.0400. The summed E-state index contributed by atoms with van der Waals surface area (Å²) in [4.78, 5) is 0. The van der Waals surface area contributed by atoms with Crippen molar-refractivity contribution in [3.8, 4) is 0 Å². The van der Waals surface area contributed by atoms with Gasteiger partial charge in [-0.15, -0.1) is 0 Å². The van der Waals surface area contributed by atoms with Gasteiger partial charge in [-0.05, 0) is 67.6 Å². The molecule has 0 aliphatic heterocycles. The lowest BCUT2D eigenvalue weighted by molar-refractivity contribution is 0.0667. The van der Waals surface area contributed by atoms with Gasteiger partial charge in [-0.25, -0.2) is 0 Å². The van der Waals surface area contributed by atoms with Crippen LogP contribution >= 0.6 is 0 Å². The summed E-state index contributed by atoms with van der Waals surface area (Å²) in [5, 5.41) is 3.87. The second-order valence-corrected chi connectivity index (χ2v) is 9.39. The molecule has 0 saturated heterocycles. The van der Waals surface area contributed by atoms with Crippen molar-refractivity contribution < 1.29 is 0 Å². The Bertz CT molecular complexity index is 302. The highest BCUT2D eigenvalue weighted by atomic mass is 15.0. The summed E-state index contributed by atoms with van der Waals surface area (Å²) in [6.07, 6.45) is 12.9. The van der Waals surface area contributed by atoms with E-state index < -0.39 is 0 Å². The minimum absolute atomic E-state index is 0.505. The molecular weight excluding hydrogens is 254 g/mol. The fraction of sp³-hybridized carbons (Fsp3) is 1.00. The normalized spacial score (nSPS) is 32.1. The van der Waals surface area contributed by atoms with Gasteiger partial charge in [-0.1, -0.05) is 47.5 Å². The van der Waals surface area contributed by atoms with Crippen molar-refractivity contribution in [3.63, 3.8) is 0 Å². The molecule has 1 unspecified atom stereocenters. The lowest BCUT2D eigenvalue weighted by atomic mass is 9.61. The fourth-order valence-electron chi connectivity index (χ4n) is 4.53. The molecule has 124 valence electrons. The smallest absolute Gasteiger partial charge is 0.00684 e. The Labute approximate surface area is 133 Å². The van der Waals surface area contributed by atoms with Crippen LogP contribution in [0.25, 0.3) is 0 Å². The average Bonchev–Trinajstić information content (AvgIpc) is 3.20. The van der Waals surface area contributed by atoms with E-state index in [-0.39, 0.29) is 0 Å². The first-order chi connectivity index (χ1) is 9.85. The molecular formula is C20H39N. The third kappa shape index (κ3) is 5.27. The molecule has 0 aromatic rings. The second-order valence-electron chi connectivity index (χ2n) is 9.39. The van der Waals surface area contributed by atoms with Gasteiger partial charge in [-0.3, -0.25) is 0 Å². The van der Waals surface area contributed by atoms with Crippen LogP contribution in [0, 0.1) is 22.7 Å². The van der Waals surface area contributed by atoms with Crippen LogP contribution in [-0.2, 0) is 0 Å². The number of hydrogen-bond acceptors (Lipinski definition) is 1. The first-order valence-electron chi connectivity index (χ1n) is 9.58. The molecule has 2 saturated carbocycles. The highest BCUT2D eigenvalue weighted by molar-refractivity contribution is 4.93. The molecule has 0 aromatic heterocycles. The maximum atomic E-state index is 3.87. The Morgan fingerprint density at radius 3 is 2.19 bits per heavy atom.